The van der Waals surface area contributed by atoms with E-state index in [0.29, 0.717) is 0 Å². The smallest absolute Gasteiger partial charge is 0.121 e. The second-order valence-corrected chi connectivity index (χ2v) is 4.30. The zero-order valence-electron chi connectivity index (χ0n) is 7.09. The third-order valence-electron chi connectivity index (χ3n) is 1.47. The summed E-state index contributed by atoms with van der Waals surface area (Å²) in [4.78, 5) is 12.4. The molecular weight excluding hydrogens is 262 g/mol. The largest absolute Gasteiger partial charge is 0.260 e. The van der Waals surface area contributed by atoms with Gasteiger partial charge in [-0.2, -0.15) is 0 Å². The van der Waals surface area contributed by atoms with Gasteiger partial charge in [-0.05, 0) is 39.8 Å². The summed E-state index contributed by atoms with van der Waals surface area (Å²) in [7, 11) is 0. The summed E-state index contributed by atoms with van der Waals surface area (Å²) in [6.45, 7) is 0. The first kappa shape index (κ1) is 9.61. The average molecular weight is 268 g/mol. The quantitative estimate of drug-likeness (QED) is 0.839. The van der Waals surface area contributed by atoms with Gasteiger partial charge in [-0.1, -0.05) is 0 Å². The van der Waals surface area contributed by atoms with Crippen molar-refractivity contribution in [3.05, 3.63) is 41.4 Å². The standard InChI is InChI=1S/C9H6BrN3S/c10-7-2-1-3-13-9(7)14-8-6-11-4-5-12-8/h1-6H. The Bertz CT molecular complexity index is 421. The lowest BCUT2D eigenvalue weighted by molar-refractivity contribution is 1.04. The summed E-state index contributed by atoms with van der Waals surface area (Å²) in [5.74, 6) is 0. The minimum atomic E-state index is 0.840. The number of pyridine rings is 1. The highest BCUT2D eigenvalue weighted by Gasteiger charge is 2.03. The highest BCUT2D eigenvalue weighted by Crippen LogP contribution is 2.29. The second-order valence-electron chi connectivity index (χ2n) is 2.44. The number of rotatable bonds is 2. The predicted molar refractivity (Wildman–Crippen MR) is 58.1 cm³/mol. The number of hydrogen-bond donors (Lipinski definition) is 0. The molecule has 0 fully saturated rings. The van der Waals surface area contributed by atoms with Gasteiger partial charge in [0.25, 0.3) is 0 Å². The Labute approximate surface area is 94.1 Å². The van der Waals surface area contributed by atoms with E-state index in [1.54, 1.807) is 24.8 Å². The van der Waals surface area contributed by atoms with E-state index in [0.717, 1.165) is 14.5 Å². The van der Waals surface area contributed by atoms with E-state index in [1.165, 1.54) is 11.8 Å². The fraction of sp³-hybridized carbons (Fsp3) is 0. The van der Waals surface area contributed by atoms with Crippen LogP contribution in [0.15, 0.2) is 51.4 Å². The molecule has 0 radical (unpaired) electrons. The van der Waals surface area contributed by atoms with E-state index in [2.05, 4.69) is 30.9 Å². The molecule has 0 spiro atoms. The van der Waals surface area contributed by atoms with Gasteiger partial charge < -0.3 is 0 Å². The van der Waals surface area contributed by atoms with Crippen molar-refractivity contribution >= 4 is 27.7 Å². The SMILES string of the molecule is Brc1cccnc1Sc1cnccn1. The molecule has 0 atom stereocenters. The second kappa shape index (κ2) is 4.52. The molecule has 0 aliphatic heterocycles. The molecule has 3 nitrogen and oxygen atoms in total. The van der Waals surface area contributed by atoms with Crippen molar-refractivity contribution in [3.63, 3.8) is 0 Å². The van der Waals surface area contributed by atoms with Gasteiger partial charge in [0.15, 0.2) is 0 Å². The molecule has 0 aliphatic carbocycles. The zero-order valence-corrected chi connectivity index (χ0v) is 9.49. The van der Waals surface area contributed by atoms with Crippen molar-refractivity contribution in [2.24, 2.45) is 0 Å². The molecule has 0 aromatic carbocycles. The van der Waals surface area contributed by atoms with Crippen molar-refractivity contribution in [2.75, 3.05) is 0 Å². The lowest BCUT2D eigenvalue weighted by Gasteiger charge is -2.00. The summed E-state index contributed by atoms with van der Waals surface area (Å²) in [6.07, 6.45) is 6.78. The topological polar surface area (TPSA) is 38.7 Å². The van der Waals surface area contributed by atoms with Crippen molar-refractivity contribution < 1.29 is 0 Å². The first-order chi connectivity index (χ1) is 6.86. The summed E-state index contributed by atoms with van der Waals surface area (Å²) in [5, 5.41) is 1.74. The number of hydrogen-bond acceptors (Lipinski definition) is 4. The van der Waals surface area contributed by atoms with Gasteiger partial charge in [0.05, 0.1) is 10.7 Å². The van der Waals surface area contributed by atoms with E-state index in [-0.39, 0.29) is 0 Å². The van der Waals surface area contributed by atoms with E-state index in [1.807, 2.05) is 12.1 Å². The molecule has 0 aliphatic rings. The molecule has 0 saturated carbocycles. The maximum atomic E-state index is 4.22. The van der Waals surface area contributed by atoms with E-state index >= 15 is 0 Å². The lowest BCUT2D eigenvalue weighted by Crippen LogP contribution is -1.84. The normalized spacial score (nSPS) is 10.1. The van der Waals surface area contributed by atoms with Gasteiger partial charge in [-0.3, -0.25) is 4.98 Å². The van der Waals surface area contributed by atoms with Crippen LogP contribution in [0.5, 0.6) is 0 Å². The molecule has 0 amide bonds. The Balaban J connectivity index is 2.24. The molecular formula is C9H6BrN3S. The highest BCUT2D eigenvalue weighted by atomic mass is 79.9. The van der Waals surface area contributed by atoms with Crippen LogP contribution in [0, 0.1) is 0 Å². The molecule has 70 valence electrons. The first-order valence-electron chi connectivity index (χ1n) is 3.90. The Hall–Kier alpha value is -0.940. The third-order valence-corrected chi connectivity index (χ3v) is 3.31. The fourth-order valence-corrected chi connectivity index (χ4v) is 2.09. The van der Waals surface area contributed by atoms with Crippen molar-refractivity contribution in [1.29, 1.82) is 0 Å². The monoisotopic (exact) mass is 267 g/mol. The molecule has 0 N–H and O–H groups in total. The van der Waals surface area contributed by atoms with Crippen LogP contribution < -0.4 is 0 Å². The molecule has 2 aromatic heterocycles. The van der Waals surface area contributed by atoms with Crippen LogP contribution in [0.25, 0.3) is 0 Å². The van der Waals surface area contributed by atoms with Gasteiger partial charge in [-0.15, -0.1) is 0 Å². The van der Waals surface area contributed by atoms with Gasteiger partial charge in [0, 0.05) is 18.6 Å². The van der Waals surface area contributed by atoms with Crippen LogP contribution in [0.4, 0.5) is 0 Å². The van der Waals surface area contributed by atoms with Crippen LogP contribution in [0.1, 0.15) is 0 Å². The van der Waals surface area contributed by atoms with Crippen LogP contribution in [0.2, 0.25) is 0 Å². The Kier molecular flexibility index (Phi) is 3.10. The molecule has 14 heavy (non-hydrogen) atoms. The molecule has 0 saturated heterocycles. The molecule has 2 heterocycles. The average Bonchev–Trinajstić information content (AvgIpc) is 2.23. The van der Waals surface area contributed by atoms with E-state index in [9.17, 15) is 0 Å². The fourth-order valence-electron chi connectivity index (χ4n) is 0.883. The summed E-state index contributed by atoms with van der Waals surface area (Å²) in [5.41, 5.74) is 0. The van der Waals surface area contributed by atoms with Crippen LogP contribution in [-0.2, 0) is 0 Å². The lowest BCUT2D eigenvalue weighted by atomic mass is 10.5. The van der Waals surface area contributed by atoms with Crippen molar-refractivity contribution in [1.82, 2.24) is 15.0 Å². The van der Waals surface area contributed by atoms with Gasteiger partial charge in [-0.25, -0.2) is 9.97 Å². The maximum Gasteiger partial charge on any atom is 0.121 e. The maximum absolute atomic E-state index is 4.22. The minimum absolute atomic E-state index is 0.840. The van der Waals surface area contributed by atoms with Crippen LogP contribution >= 0.6 is 27.7 Å². The van der Waals surface area contributed by atoms with E-state index < -0.39 is 0 Å². The molecule has 0 unspecified atom stereocenters. The molecule has 0 bridgehead atoms. The third kappa shape index (κ3) is 2.30. The van der Waals surface area contributed by atoms with Gasteiger partial charge in [0.1, 0.15) is 10.1 Å². The van der Waals surface area contributed by atoms with Crippen molar-refractivity contribution in [2.45, 2.75) is 10.1 Å². The van der Waals surface area contributed by atoms with Gasteiger partial charge >= 0.3 is 0 Å². The molecule has 2 aromatic rings. The highest BCUT2D eigenvalue weighted by molar-refractivity contribution is 9.10. The molecule has 5 heteroatoms. The van der Waals surface area contributed by atoms with Crippen LogP contribution in [-0.4, -0.2) is 15.0 Å². The Morgan fingerprint density at radius 2 is 2.07 bits per heavy atom. The summed E-state index contributed by atoms with van der Waals surface area (Å²) >= 11 is 4.90. The Morgan fingerprint density at radius 3 is 2.79 bits per heavy atom. The van der Waals surface area contributed by atoms with E-state index in [4.69, 9.17) is 0 Å². The van der Waals surface area contributed by atoms with Crippen LogP contribution in [0.3, 0.4) is 0 Å². The number of aromatic nitrogens is 3. The molecule has 2 rings (SSSR count). The van der Waals surface area contributed by atoms with Gasteiger partial charge in [0.2, 0.25) is 0 Å². The number of halogens is 1. The zero-order chi connectivity index (χ0) is 9.80. The minimum Gasteiger partial charge on any atom is -0.260 e. The number of nitrogens with zero attached hydrogens (tertiary/aromatic N) is 3. The summed E-state index contributed by atoms with van der Waals surface area (Å²) in [6, 6.07) is 3.83. The predicted octanol–water partition coefficient (Wildman–Crippen LogP) is 2.79. The van der Waals surface area contributed by atoms with Crippen molar-refractivity contribution in [3.8, 4) is 0 Å². The Morgan fingerprint density at radius 1 is 1.14 bits per heavy atom. The summed E-state index contributed by atoms with van der Waals surface area (Å²) < 4.78 is 0.968. The first-order valence-corrected chi connectivity index (χ1v) is 5.51.